The number of fused-ring (bicyclic) bond motifs is 1. The lowest BCUT2D eigenvalue weighted by Crippen LogP contribution is -2.31. The van der Waals surface area contributed by atoms with E-state index in [1.54, 1.807) is 4.90 Å². The van der Waals surface area contributed by atoms with E-state index in [1.165, 1.54) is 0 Å². The van der Waals surface area contributed by atoms with Crippen molar-refractivity contribution in [3.05, 3.63) is 101 Å². The number of aromatic nitrogens is 2. The van der Waals surface area contributed by atoms with Gasteiger partial charge in [-0.05, 0) is 52.3 Å². The highest BCUT2D eigenvalue weighted by Crippen LogP contribution is 2.24. The zero-order valence-electron chi connectivity index (χ0n) is 13.9. The molecule has 0 fully saturated rings. The van der Waals surface area contributed by atoms with Crippen molar-refractivity contribution in [3.8, 4) is 0 Å². The minimum atomic E-state index is -0.0606. The van der Waals surface area contributed by atoms with E-state index in [4.69, 9.17) is 0 Å². The van der Waals surface area contributed by atoms with Crippen molar-refractivity contribution in [2.75, 3.05) is 4.90 Å². The highest BCUT2D eigenvalue weighted by atomic mass is 79.9. The summed E-state index contributed by atoms with van der Waals surface area (Å²) in [7, 11) is 0. The Kier molecular flexibility index (Phi) is 4.54. The minimum Gasteiger partial charge on any atom is -0.302 e. The molecule has 0 spiro atoms. The number of nitrogens with zero attached hydrogens (tertiary/aromatic N) is 3. The van der Waals surface area contributed by atoms with E-state index in [0.717, 1.165) is 21.5 Å². The van der Waals surface area contributed by atoms with E-state index in [0.29, 0.717) is 12.1 Å². The molecule has 2 aromatic carbocycles. The van der Waals surface area contributed by atoms with Gasteiger partial charge in [-0.3, -0.25) is 4.79 Å². The normalized spacial score (nSPS) is 10.8. The van der Waals surface area contributed by atoms with Crippen LogP contribution < -0.4 is 4.90 Å². The van der Waals surface area contributed by atoms with Crippen LogP contribution in [0.1, 0.15) is 16.1 Å². The number of amides is 1. The number of hydrogen-bond donors (Lipinski definition) is 0. The fourth-order valence-corrected chi connectivity index (χ4v) is 3.39. The summed E-state index contributed by atoms with van der Waals surface area (Å²) in [5, 5.41) is 0. The molecule has 1 amide bonds. The molecule has 4 nitrogen and oxygen atoms in total. The topological polar surface area (TPSA) is 37.6 Å². The lowest BCUT2D eigenvalue weighted by atomic mass is 10.1. The summed E-state index contributed by atoms with van der Waals surface area (Å²) < 4.78 is 2.78. The Morgan fingerprint density at radius 3 is 2.50 bits per heavy atom. The summed E-state index contributed by atoms with van der Waals surface area (Å²) in [5.41, 5.74) is 3.29. The molecule has 0 aliphatic heterocycles. The summed E-state index contributed by atoms with van der Waals surface area (Å²) in [4.78, 5) is 19.5. The zero-order chi connectivity index (χ0) is 17.9. The quantitative estimate of drug-likeness (QED) is 0.481. The molecule has 26 heavy (non-hydrogen) atoms. The summed E-state index contributed by atoms with van der Waals surface area (Å²) in [5.74, 6) is -0.0606. The largest absolute Gasteiger partial charge is 0.302 e. The van der Waals surface area contributed by atoms with Gasteiger partial charge in [0.1, 0.15) is 5.65 Å². The maximum atomic E-state index is 13.3. The van der Waals surface area contributed by atoms with Gasteiger partial charge in [0.15, 0.2) is 0 Å². The Labute approximate surface area is 159 Å². The van der Waals surface area contributed by atoms with E-state index in [1.807, 2.05) is 89.6 Å². The van der Waals surface area contributed by atoms with E-state index in [-0.39, 0.29) is 5.91 Å². The molecule has 0 saturated carbocycles. The van der Waals surface area contributed by atoms with Crippen LogP contribution in [0.5, 0.6) is 0 Å². The molecule has 5 heteroatoms. The van der Waals surface area contributed by atoms with E-state index >= 15 is 0 Å². The van der Waals surface area contributed by atoms with Gasteiger partial charge in [0.25, 0.3) is 5.91 Å². The minimum absolute atomic E-state index is 0.0606. The molecule has 2 heterocycles. The zero-order valence-corrected chi connectivity index (χ0v) is 15.5. The van der Waals surface area contributed by atoms with Crippen LogP contribution in [0, 0.1) is 0 Å². The van der Waals surface area contributed by atoms with Crippen LogP contribution in [0.4, 0.5) is 5.69 Å². The van der Waals surface area contributed by atoms with Crippen LogP contribution in [0.15, 0.2) is 89.7 Å². The van der Waals surface area contributed by atoms with Crippen molar-refractivity contribution in [1.29, 1.82) is 0 Å². The van der Waals surface area contributed by atoms with Crippen molar-refractivity contribution in [1.82, 2.24) is 9.38 Å². The third-order valence-electron chi connectivity index (χ3n) is 4.23. The molecule has 0 N–H and O–H groups in total. The van der Waals surface area contributed by atoms with Gasteiger partial charge < -0.3 is 9.30 Å². The van der Waals surface area contributed by atoms with Crippen LogP contribution in [-0.4, -0.2) is 15.3 Å². The number of rotatable bonds is 4. The second kappa shape index (κ2) is 7.14. The smallest absolute Gasteiger partial charge is 0.259 e. The van der Waals surface area contributed by atoms with Gasteiger partial charge in [-0.1, -0.05) is 36.4 Å². The number of benzene rings is 2. The van der Waals surface area contributed by atoms with Gasteiger partial charge in [-0.25, -0.2) is 4.98 Å². The molecule has 0 aliphatic rings. The van der Waals surface area contributed by atoms with Crippen LogP contribution in [0.25, 0.3) is 5.65 Å². The molecule has 2 aromatic heterocycles. The first kappa shape index (κ1) is 16.5. The van der Waals surface area contributed by atoms with Gasteiger partial charge in [-0.15, -0.1) is 0 Å². The number of para-hydroxylation sites is 1. The van der Waals surface area contributed by atoms with Crippen LogP contribution in [-0.2, 0) is 6.54 Å². The molecule has 0 bridgehead atoms. The van der Waals surface area contributed by atoms with Gasteiger partial charge in [0, 0.05) is 16.4 Å². The molecule has 128 valence electrons. The van der Waals surface area contributed by atoms with Gasteiger partial charge in [0.2, 0.25) is 0 Å². The number of carbonyl (C=O) groups is 1. The average molecular weight is 406 g/mol. The number of hydrogen-bond acceptors (Lipinski definition) is 2. The molecule has 4 rings (SSSR count). The maximum Gasteiger partial charge on any atom is 0.259 e. The van der Waals surface area contributed by atoms with Crippen LogP contribution in [0.3, 0.4) is 0 Å². The Morgan fingerprint density at radius 1 is 0.962 bits per heavy atom. The summed E-state index contributed by atoms with van der Waals surface area (Å²) in [6, 6.07) is 23.0. The molecule has 0 atom stereocenters. The van der Waals surface area contributed by atoms with Crippen molar-refractivity contribution in [2.24, 2.45) is 0 Å². The number of carbonyl (C=O) groups excluding carboxylic acids is 1. The van der Waals surface area contributed by atoms with Gasteiger partial charge in [-0.2, -0.15) is 0 Å². The second-order valence-electron chi connectivity index (χ2n) is 5.89. The first-order valence-electron chi connectivity index (χ1n) is 8.26. The molecule has 0 aliphatic carbocycles. The third-order valence-corrected chi connectivity index (χ3v) is 4.92. The lowest BCUT2D eigenvalue weighted by molar-refractivity contribution is 0.0984. The highest BCUT2D eigenvalue weighted by Gasteiger charge is 2.21. The van der Waals surface area contributed by atoms with Crippen molar-refractivity contribution in [2.45, 2.75) is 6.54 Å². The number of pyridine rings is 1. The Hall–Kier alpha value is -2.92. The van der Waals surface area contributed by atoms with Crippen LogP contribution >= 0.6 is 15.9 Å². The number of imidazole rings is 1. The number of halogens is 1. The molecular formula is C21H16BrN3O. The predicted octanol–water partition coefficient (Wildman–Crippen LogP) is 4.94. The third kappa shape index (κ3) is 3.13. The SMILES string of the molecule is O=C(c1ccccc1Br)N(Cc1cnc2ccccn12)c1ccccc1. The van der Waals surface area contributed by atoms with E-state index in [2.05, 4.69) is 20.9 Å². The lowest BCUT2D eigenvalue weighted by Gasteiger charge is -2.23. The Morgan fingerprint density at radius 2 is 1.69 bits per heavy atom. The van der Waals surface area contributed by atoms with Gasteiger partial charge in [0.05, 0.1) is 24.0 Å². The molecule has 0 radical (unpaired) electrons. The summed E-state index contributed by atoms with van der Waals surface area (Å²) in [6.07, 6.45) is 3.78. The summed E-state index contributed by atoms with van der Waals surface area (Å²) >= 11 is 3.49. The second-order valence-corrected chi connectivity index (χ2v) is 6.74. The molecule has 0 unspecified atom stereocenters. The summed E-state index contributed by atoms with van der Waals surface area (Å²) in [6.45, 7) is 0.426. The predicted molar refractivity (Wildman–Crippen MR) is 106 cm³/mol. The fourth-order valence-electron chi connectivity index (χ4n) is 2.93. The molecule has 4 aromatic rings. The highest BCUT2D eigenvalue weighted by molar-refractivity contribution is 9.10. The fraction of sp³-hybridized carbons (Fsp3) is 0.0476. The Balaban J connectivity index is 1.77. The number of anilines is 1. The Bertz CT molecular complexity index is 1060. The van der Waals surface area contributed by atoms with Crippen molar-refractivity contribution >= 4 is 33.2 Å². The monoisotopic (exact) mass is 405 g/mol. The maximum absolute atomic E-state index is 13.3. The first-order chi connectivity index (χ1) is 12.7. The van der Waals surface area contributed by atoms with Crippen molar-refractivity contribution in [3.63, 3.8) is 0 Å². The van der Waals surface area contributed by atoms with E-state index in [9.17, 15) is 4.79 Å². The van der Waals surface area contributed by atoms with Crippen LogP contribution in [0.2, 0.25) is 0 Å². The van der Waals surface area contributed by atoms with Crippen molar-refractivity contribution < 1.29 is 4.79 Å². The molecule has 0 saturated heterocycles. The molecular weight excluding hydrogens is 390 g/mol. The van der Waals surface area contributed by atoms with Gasteiger partial charge >= 0.3 is 0 Å². The first-order valence-corrected chi connectivity index (χ1v) is 9.06. The van der Waals surface area contributed by atoms with E-state index < -0.39 is 0 Å². The standard InChI is InChI=1S/C21H16BrN3O/c22-19-11-5-4-10-18(19)21(26)25(16-8-2-1-3-9-16)15-17-14-23-20-12-6-7-13-24(17)20/h1-14H,15H2. The average Bonchev–Trinajstić information content (AvgIpc) is 3.10.